The van der Waals surface area contributed by atoms with E-state index >= 15 is 0 Å². The fourth-order valence-corrected chi connectivity index (χ4v) is 1.51. The summed E-state index contributed by atoms with van der Waals surface area (Å²) in [5.74, 6) is -0.969. The molecule has 0 radical (unpaired) electrons. The number of phenols is 1. The van der Waals surface area contributed by atoms with Crippen LogP contribution in [0.4, 0.5) is 0 Å². The maximum Gasteiger partial charge on any atom is 0.336 e. The van der Waals surface area contributed by atoms with Gasteiger partial charge in [-0.1, -0.05) is 26.8 Å². The number of benzene rings is 1. The van der Waals surface area contributed by atoms with Crippen molar-refractivity contribution in [3.8, 4) is 5.75 Å². The molecule has 0 fully saturated rings. The molecule has 0 spiro atoms. The molecule has 2 N–H and O–H groups in total. The lowest BCUT2D eigenvalue weighted by atomic mass is 9.83. The lowest BCUT2D eigenvalue weighted by molar-refractivity contribution is 0.0693. The molecule has 0 atom stereocenters. The molecule has 0 heterocycles. The SMILES string of the molecule is CC(C)(C)c1c(O)cccc1C(=O)O. The predicted octanol–water partition coefficient (Wildman–Crippen LogP) is 2.39. The lowest BCUT2D eigenvalue weighted by Crippen LogP contribution is -2.17. The topological polar surface area (TPSA) is 57.5 Å². The quantitative estimate of drug-likeness (QED) is 0.721. The van der Waals surface area contributed by atoms with E-state index in [0.717, 1.165) is 0 Å². The molecule has 0 aliphatic rings. The molecule has 0 unspecified atom stereocenters. The van der Waals surface area contributed by atoms with Gasteiger partial charge in [0, 0.05) is 5.56 Å². The number of hydrogen-bond acceptors (Lipinski definition) is 2. The summed E-state index contributed by atoms with van der Waals surface area (Å²) in [5, 5.41) is 18.6. The average Bonchev–Trinajstić information content (AvgIpc) is 2.01. The van der Waals surface area contributed by atoms with Crippen molar-refractivity contribution in [1.29, 1.82) is 0 Å². The Kier molecular flexibility index (Phi) is 2.51. The smallest absolute Gasteiger partial charge is 0.336 e. The van der Waals surface area contributed by atoms with E-state index in [9.17, 15) is 9.90 Å². The van der Waals surface area contributed by atoms with Crippen LogP contribution in [-0.2, 0) is 5.41 Å². The predicted molar refractivity (Wildman–Crippen MR) is 53.8 cm³/mol. The minimum Gasteiger partial charge on any atom is -0.508 e. The molecular weight excluding hydrogens is 180 g/mol. The van der Waals surface area contributed by atoms with Gasteiger partial charge in [0.1, 0.15) is 5.75 Å². The largest absolute Gasteiger partial charge is 0.508 e. The third kappa shape index (κ3) is 1.87. The standard InChI is InChI=1S/C11H14O3/c1-11(2,3)9-7(10(13)14)5-4-6-8(9)12/h4-6,12H,1-3H3,(H,13,14). The van der Waals surface area contributed by atoms with Crippen molar-refractivity contribution >= 4 is 5.97 Å². The zero-order valence-electron chi connectivity index (χ0n) is 8.53. The molecule has 0 amide bonds. The van der Waals surface area contributed by atoms with E-state index in [-0.39, 0.29) is 16.7 Å². The number of aromatic hydroxyl groups is 1. The molecular formula is C11H14O3. The molecule has 1 aromatic carbocycles. The van der Waals surface area contributed by atoms with E-state index < -0.39 is 5.97 Å². The molecule has 0 aromatic heterocycles. The van der Waals surface area contributed by atoms with Crippen LogP contribution in [-0.4, -0.2) is 16.2 Å². The number of carbonyl (C=O) groups is 1. The van der Waals surface area contributed by atoms with Gasteiger partial charge in [0.05, 0.1) is 5.56 Å². The highest BCUT2D eigenvalue weighted by Crippen LogP contribution is 2.33. The zero-order valence-corrected chi connectivity index (χ0v) is 8.53. The molecule has 1 rings (SSSR count). The number of hydrogen-bond donors (Lipinski definition) is 2. The van der Waals surface area contributed by atoms with Crippen LogP contribution in [0, 0.1) is 0 Å². The first-order valence-corrected chi connectivity index (χ1v) is 4.40. The molecule has 76 valence electrons. The maximum atomic E-state index is 10.9. The number of rotatable bonds is 1. The highest BCUT2D eigenvalue weighted by atomic mass is 16.4. The minimum atomic E-state index is -1.01. The van der Waals surface area contributed by atoms with Crippen LogP contribution in [0.25, 0.3) is 0 Å². The van der Waals surface area contributed by atoms with Crippen molar-refractivity contribution in [2.24, 2.45) is 0 Å². The lowest BCUT2D eigenvalue weighted by Gasteiger charge is -2.22. The summed E-state index contributed by atoms with van der Waals surface area (Å²) in [6.07, 6.45) is 0. The van der Waals surface area contributed by atoms with Gasteiger partial charge in [0.15, 0.2) is 0 Å². The fraction of sp³-hybridized carbons (Fsp3) is 0.364. The molecule has 1 aromatic rings. The number of phenolic OH excluding ortho intramolecular Hbond substituents is 1. The first-order valence-electron chi connectivity index (χ1n) is 4.40. The summed E-state index contributed by atoms with van der Waals surface area (Å²) in [7, 11) is 0. The Bertz CT molecular complexity index is 361. The Morgan fingerprint density at radius 3 is 2.21 bits per heavy atom. The fourth-order valence-electron chi connectivity index (χ4n) is 1.51. The van der Waals surface area contributed by atoms with E-state index in [0.29, 0.717) is 5.56 Å². The van der Waals surface area contributed by atoms with Crippen LogP contribution >= 0.6 is 0 Å². The zero-order chi connectivity index (χ0) is 10.9. The van der Waals surface area contributed by atoms with Crippen molar-refractivity contribution in [3.05, 3.63) is 29.3 Å². The van der Waals surface area contributed by atoms with Gasteiger partial charge in [-0.2, -0.15) is 0 Å². The van der Waals surface area contributed by atoms with E-state index in [4.69, 9.17) is 5.11 Å². The van der Waals surface area contributed by atoms with Gasteiger partial charge in [-0.15, -0.1) is 0 Å². The van der Waals surface area contributed by atoms with E-state index in [1.165, 1.54) is 18.2 Å². The van der Waals surface area contributed by atoms with Crippen molar-refractivity contribution < 1.29 is 15.0 Å². The third-order valence-electron chi connectivity index (χ3n) is 2.02. The maximum absolute atomic E-state index is 10.9. The van der Waals surface area contributed by atoms with Crippen molar-refractivity contribution in [2.75, 3.05) is 0 Å². The Hall–Kier alpha value is -1.51. The van der Waals surface area contributed by atoms with E-state index in [1.54, 1.807) is 0 Å². The van der Waals surface area contributed by atoms with Gasteiger partial charge >= 0.3 is 5.97 Å². The normalized spacial score (nSPS) is 11.4. The van der Waals surface area contributed by atoms with Crippen LogP contribution in [0.15, 0.2) is 18.2 Å². The van der Waals surface area contributed by atoms with Gasteiger partial charge in [-0.25, -0.2) is 4.79 Å². The highest BCUT2D eigenvalue weighted by Gasteiger charge is 2.24. The second kappa shape index (κ2) is 3.33. The Morgan fingerprint density at radius 1 is 1.29 bits per heavy atom. The number of carboxylic acids is 1. The molecule has 14 heavy (non-hydrogen) atoms. The van der Waals surface area contributed by atoms with Crippen LogP contribution in [0.3, 0.4) is 0 Å². The van der Waals surface area contributed by atoms with Crippen molar-refractivity contribution in [1.82, 2.24) is 0 Å². The van der Waals surface area contributed by atoms with Crippen molar-refractivity contribution in [3.63, 3.8) is 0 Å². The van der Waals surface area contributed by atoms with Crippen LogP contribution in [0.2, 0.25) is 0 Å². The summed E-state index contributed by atoms with van der Waals surface area (Å²) >= 11 is 0. The second-order valence-corrected chi connectivity index (χ2v) is 4.25. The van der Waals surface area contributed by atoms with Crippen molar-refractivity contribution in [2.45, 2.75) is 26.2 Å². The van der Waals surface area contributed by atoms with Crippen LogP contribution < -0.4 is 0 Å². The first-order chi connectivity index (χ1) is 6.34. The Morgan fingerprint density at radius 2 is 1.86 bits per heavy atom. The number of carboxylic acid groups (broad SMARTS) is 1. The summed E-state index contributed by atoms with van der Waals surface area (Å²) in [6, 6.07) is 4.55. The van der Waals surface area contributed by atoms with Gasteiger partial charge in [0.2, 0.25) is 0 Å². The van der Waals surface area contributed by atoms with E-state index in [2.05, 4.69) is 0 Å². The average molecular weight is 194 g/mol. The molecule has 3 nitrogen and oxygen atoms in total. The molecule has 0 aliphatic carbocycles. The molecule has 0 aliphatic heterocycles. The Balaban J connectivity index is 3.45. The third-order valence-corrected chi connectivity index (χ3v) is 2.02. The summed E-state index contributed by atoms with van der Waals surface area (Å²) < 4.78 is 0. The monoisotopic (exact) mass is 194 g/mol. The summed E-state index contributed by atoms with van der Waals surface area (Å²) in [5.41, 5.74) is 0.268. The second-order valence-electron chi connectivity index (χ2n) is 4.25. The molecule has 0 saturated carbocycles. The van der Waals surface area contributed by atoms with E-state index in [1.807, 2.05) is 20.8 Å². The van der Waals surface area contributed by atoms with Gasteiger partial charge < -0.3 is 10.2 Å². The van der Waals surface area contributed by atoms with Crippen LogP contribution in [0.1, 0.15) is 36.7 Å². The minimum absolute atomic E-state index is 0.0393. The molecule has 0 saturated heterocycles. The Labute approximate surface area is 83.0 Å². The summed E-state index contributed by atoms with van der Waals surface area (Å²) in [6.45, 7) is 5.61. The summed E-state index contributed by atoms with van der Waals surface area (Å²) in [4.78, 5) is 10.9. The van der Waals surface area contributed by atoms with Gasteiger partial charge in [-0.05, 0) is 17.5 Å². The molecule has 3 heteroatoms. The number of aromatic carboxylic acids is 1. The van der Waals surface area contributed by atoms with Gasteiger partial charge in [0.25, 0.3) is 0 Å². The van der Waals surface area contributed by atoms with Gasteiger partial charge in [-0.3, -0.25) is 0 Å². The van der Waals surface area contributed by atoms with Crippen LogP contribution in [0.5, 0.6) is 5.75 Å². The first kappa shape index (κ1) is 10.6. The molecule has 0 bridgehead atoms. The highest BCUT2D eigenvalue weighted by molar-refractivity contribution is 5.90.